The Hall–Kier alpha value is -1.80. The van der Waals surface area contributed by atoms with Gasteiger partial charge in [-0.1, -0.05) is 11.8 Å². The van der Waals surface area contributed by atoms with Crippen LogP contribution in [-0.4, -0.2) is 45.3 Å². The maximum atomic E-state index is 10.5. The third kappa shape index (κ3) is 3.61. The lowest BCUT2D eigenvalue weighted by atomic mass is 10.4. The van der Waals surface area contributed by atoms with Gasteiger partial charge in [0.05, 0.1) is 25.8 Å². The molecule has 0 fully saturated rings. The van der Waals surface area contributed by atoms with E-state index in [0.29, 0.717) is 35.6 Å². The smallest absolute Gasteiger partial charge is 0.304 e. The Kier molecular flexibility index (Phi) is 5.19. The van der Waals surface area contributed by atoms with Crippen molar-refractivity contribution in [3.8, 4) is 11.6 Å². The van der Waals surface area contributed by atoms with Gasteiger partial charge < -0.3 is 14.3 Å². The molecule has 2 aromatic heterocycles. The fraction of sp³-hybridized carbons (Fsp3) is 0.417. The number of carboxylic acid groups (broad SMARTS) is 1. The van der Waals surface area contributed by atoms with Crippen molar-refractivity contribution >= 4 is 17.7 Å². The summed E-state index contributed by atoms with van der Waals surface area (Å²) in [5.74, 6) is 0.855. The predicted molar refractivity (Wildman–Crippen MR) is 72.6 cm³/mol. The van der Waals surface area contributed by atoms with Crippen molar-refractivity contribution in [2.45, 2.75) is 18.1 Å². The zero-order valence-corrected chi connectivity index (χ0v) is 11.8. The number of rotatable bonds is 8. The second-order valence-corrected chi connectivity index (χ2v) is 4.98. The molecule has 0 amide bonds. The van der Waals surface area contributed by atoms with Crippen LogP contribution in [0.15, 0.2) is 28.0 Å². The van der Waals surface area contributed by atoms with Gasteiger partial charge in [0.1, 0.15) is 0 Å². The predicted octanol–water partition coefficient (Wildman–Crippen LogP) is 1.75. The molecule has 0 radical (unpaired) electrons. The minimum Gasteiger partial charge on any atom is -0.481 e. The van der Waals surface area contributed by atoms with Crippen LogP contribution in [0.3, 0.4) is 0 Å². The van der Waals surface area contributed by atoms with Crippen LogP contribution < -0.4 is 0 Å². The van der Waals surface area contributed by atoms with E-state index in [1.165, 1.54) is 11.8 Å². The Morgan fingerprint density at radius 1 is 1.55 bits per heavy atom. The summed E-state index contributed by atoms with van der Waals surface area (Å²) in [6.07, 6.45) is 1.65. The molecule has 2 rings (SSSR count). The molecule has 0 aliphatic carbocycles. The largest absolute Gasteiger partial charge is 0.481 e. The van der Waals surface area contributed by atoms with E-state index in [-0.39, 0.29) is 6.42 Å². The molecule has 2 aromatic rings. The molecule has 0 atom stereocenters. The highest BCUT2D eigenvalue weighted by Gasteiger charge is 2.16. The number of aliphatic carboxylic acids is 1. The third-order valence-corrected chi connectivity index (χ3v) is 3.49. The highest BCUT2D eigenvalue weighted by Crippen LogP contribution is 2.24. The minimum absolute atomic E-state index is 0.0812. The Morgan fingerprint density at radius 3 is 3.05 bits per heavy atom. The number of nitrogens with zero attached hydrogens (tertiary/aromatic N) is 3. The summed E-state index contributed by atoms with van der Waals surface area (Å²) in [6.45, 7) is 1.09. The summed E-state index contributed by atoms with van der Waals surface area (Å²) in [5, 5.41) is 17.5. The van der Waals surface area contributed by atoms with Gasteiger partial charge >= 0.3 is 5.97 Å². The third-order valence-electron chi connectivity index (χ3n) is 2.52. The first kappa shape index (κ1) is 14.6. The SMILES string of the molecule is COCCn1c(SCCC(=O)O)nnc1-c1ccco1. The maximum Gasteiger partial charge on any atom is 0.304 e. The van der Waals surface area contributed by atoms with Gasteiger partial charge in [-0.2, -0.15) is 0 Å². The molecule has 0 saturated carbocycles. The second kappa shape index (κ2) is 7.11. The van der Waals surface area contributed by atoms with Gasteiger partial charge in [-0.3, -0.25) is 9.36 Å². The molecular formula is C12H15N3O4S. The van der Waals surface area contributed by atoms with Gasteiger partial charge in [-0.15, -0.1) is 10.2 Å². The van der Waals surface area contributed by atoms with Crippen molar-refractivity contribution < 1.29 is 19.1 Å². The Bertz CT molecular complexity index is 553. The highest BCUT2D eigenvalue weighted by atomic mass is 32.2. The summed E-state index contributed by atoms with van der Waals surface area (Å²) in [5.41, 5.74) is 0. The number of furan rings is 1. The first-order chi connectivity index (χ1) is 9.72. The lowest BCUT2D eigenvalue weighted by molar-refractivity contribution is -0.136. The Labute approximate surface area is 119 Å². The van der Waals surface area contributed by atoms with Crippen LogP contribution >= 0.6 is 11.8 Å². The zero-order valence-electron chi connectivity index (χ0n) is 11.0. The van der Waals surface area contributed by atoms with Gasteiger partial charge in [0.15, 0.2) is 10.9 Å². The normalized spacial score (nSPS) is 10.8. The Balaban J connectivity index is 2.16. The van der Waals surface area contributed by atoms with Crippen LogP contribution in [0.1, 0.15) is 6.42 Å². The number of aromatic nitrogens is 3. The van der Waals surface area contributed by atoms with E-state index >= 15 is 0 Å². The molecule has 8 heteroatoms. The fourth-order valence-electron chi connectivity index (χ4n) is 1.60. The number of hydrogen-bond acceptors (Lipinski definition) is 6. The van der Waals surface area contributed by atoms with Crippen molar-refractivity contribution in [3.63, 3.8) is 0 Å². The lowest BCUT2D eigenvalue weighted by Gasteiger charge is -2.07. The number of thioether (sulfide) groups is 1. The van der Waals surface area contributed by atoms with Gasteiger partial charge in [-0.05, 0) is 12.1 Å². The maximum absolute atomic E-state index is 10.5. The lowest BCUT2D eigenvalue weighted by Crippen LogP contribution is -2.07. The van der Waals surface area contributed by atoms with E-state index < -0.39 is 5.97 Å². The topological polar surface area (TPSA) is 90.4 Å². The molecule has 0 aromatic carbocycles. The van der Waals surface area contributed by atoms with Crippen LogP contribution in [0.5, 0.6) is 0 Å². The second-order valence-electron chi connectivity index (χ2n) is 3.92. The van der Waals surface area contributed by atoms with E-state index in [2.05, 4.69) is 10.2 Å². The molecule has 1 N–H and O–H groups in total. The molecule has 2 heterocycles. The molecule has 0 unspecified atom stereocenters. The number of hydrogen-bond donors (Lipinski definition) is 1. The van der Waals surface area contributed by atoms with E-state index in [1.54, 1.807) is 25.5 Å². The molecule has 0 saturated heterocycles. The van der Waals surface area contributed by atoms with Crippen molar-refractivity contribution in [1.82, 2.24) is 14.8 Å². The summed E-state index contributed by atoms with van der Waals surface area (Å²) in [6, 6.07) is 3.58. The number of carboxylic acids is 1. The van der Waals surface area contributed by atoms with Gasteiger partial charge in [-0.25, -0.2) is 0 Å². The molecule has 20 heavy (non-hydrogen) atoms. The summed E-state index contributed by atoms with van der Waals surface area (Å²) < 4.78 is 12.3. The average Bonchev–Trinajstić information content (AvgIpc) is 3.04. The first-order valence-corrected chi connectivity index (χ1v) is 7.01. The van der Waals surface area contributed by atoms with Crippen molar-refractivity contribution in [1.29, 1.82) is 0 Å². The van der Waals surface area contributed by atoms with Crippen molar-refractivity contribution in [2.75, 3.05) is 19.5 Å². The van der Waals surface area contributed by atoms with Gasteiger partial charge in [0.25, 0.3) is 0 Å². The van der Waals surface area contributed by atoms with E-state index in [1.807, 2.05) is 4.57 Å². The molecule has 7 nitrogen and oxygen atoms in total. The highest BCUT2D eigenvalue weighted by molar-refractivity contribution is 7.99. The average molecular weight is 297 g/mol. The quantitative estimate of drug-likeness (QED) is 0.742. The van der Waals surface area contributed by atoms with Crippen molar-refractivity contribution in [2.24, 2.45) is 0 Å². The molecule has 0 bridgehead atoms. The van der Waals surface area contributed by atoms with Gasteiger partial charge in [0, 0.05) is 12.9 Å². The van der Waals surface area contributed by atoms with Crippen LogP contribution in [0.4, 0.5) is 0 Å². The van der Waals surface area contributed by atoms with E-state index in [9.17, 15) is 4.79 Å². The minimum atomic E-state index is -0.827. The molecule has 0 aliphatic heterocycles. The number of methoxy groups -OCH3 is 1. The van der Waals surface area contributed by atoms with Crippen LogP contribution in [-0.2, 0) is 16.1 Å². The molecule has 0 aliphatic rings. The monoisotopic (exact) mass is 297 g/mol. The summed E-state index contributed by atoms with van der Waals surface area (Å²) >= 11 is 1.36. The molecule has 0 spiro atoms. The summed E-state index contributed by atoms with van der Waals surface area (Å²) in [7, 11) is 1.62. The van der Waals surface area contributed by atoms with Crippen LogP contribution in [0, 0.1) is 0 Å². The fourth-order valence-corrected chi connectivity index (χ4v) is 2.49. The first-order valence-electron chi connectivity index (χ1n) is 6.03. The number of carbonyl (C=O) groups is 1. The standard InChI is InChI=1S/C12H15N3O4S/c1-18-7-5-15-11(9-3-2-6-19-9)13-14-12(15)20-8-4-10(16)17/h2-3,6H,4-5,7-8H2,1H3,(H,16,17). The molecule has 108 valence electrons. The van der Waals surface area contributed by atoms with Crippen LogP contribution in [0.25, 0.3) is 11.6 Å². The zero-order chi connectivity index (χ0) is 14.4. The molecular weight excluding hydrogens is 282 g/mol. The summed E-state index contributed by atoms with van der Waals surface area (Å²) in [4.78, 5) is 10.5. The van der Waals surface area contributed by atoms with E-state index in [0.717, 1.165) is 0 Å². The van der Waals surface area contributed by atoms with Gasteiger partial charge in [0.2, 0.25) is 5.82 Å². The van der Waals surface area contributed by atoms with E-state index in [4.69, 9.17) is 14.3 Å². The Morgan fingerprint density at radius 2 is 2.40 bits per heavy atom. The van der Waals surface area contributed by atoms with Crippen molar-refractivity contribution in [3.05, 3.63) is 18.4 Å². The van der Waals surface area contributed by atoms with Crippen LogP contribution in [0.2, 0.25) is 0 Å². The number of ether oxygens (including phenoxy) is 1.